The fourth-order valence-electron chi connectivity index (χ4n) is 4.69. The standard InChI is InChI=1S/C27H37FN2O4S/c1-6-20-10-19(13-23(28)25(20)30-17(2)31)11-21-15-35(33,34)16-24(26(21)32)29-14-18-8-7-9-22(12-18)27(3,4)5/h7-10,12-13,21,24,26,29,32H,6,11,14-16H2,1-5H3,(H,30,31)/t21-,24+,26+/m1/s1. The van der Waals surface area contributed by atoms with E-state index in [9.17, 15) is 22.7 Å². The molecule has 192 valence electrons. The first kappa shape index (κ1) is 27.3. The highest BCUT2D eigenvalue weighted by Gasteiger charge is 2.39. The van der Waals surface area contributed by atoms with Crippen molar-refractivity contribution in [3.05, 3.63) is 64.5 Å². The quantitative estimate of drug-likeness (QED) is 0.534. The number of aryl methyl sites for hydroxylation is 1. The zero-order valence-corrected chi connectivity index (χ0v) is 22.0. The molecule has 1 aliphatic heterocycles. The molecule has 0 saturated carbocycles. The Morgan fingerprint density at radius 1 is 1.14 bits per heavy atom. The second-order valence-electron chi connectivity index (χ2n) is 10.6. The van der Waals surface area contributed by atoms with Gasteiger partial charge in [-0.05, 0) is 46.6 Å². The van der Waals surface area contributed by atoms with E-state index < -0.39 is 33.7 Å². The van der Waals surface area contributed by atoms with Crippen molar-refractivity contribution in [3.8, 4) is 0 Å². The van der Waals surface area contributed by atoms with Gasteiger partial charge in [0.2, 0.25) is 5.91 Å². The summed E-state index contributed by atoms with van der Waals surface area (Å²) in [6.45, 7) is 10.0. The fourth-order valence-corrected chi connectivity index (χ4v) is 6.66. The maximum Gasteiger partial charge on any atom is 0.221 e. The zero-order chi connectivity index (χ0) is 26.0. The van der Waals surface area contributed by atoms with Crippen LogP contribution in [0.15, 0.2) is 36.4 Å². The summed E-state index contributed by atoms with van der Waals surface area (Å²) in [4.78, 5) is 11.4. The number of nitrogens with one attached hydrogen (secondary N) is 2. The molecule has 1 heterocycles. The molecular weight excluding hydrogens is 467 g/mol. The highest BCUT2D eigenvalue weighted by Crippen LogP contribution is 2.29. The number of aliphatic hydroxyl groups excluding tert-OH is 1. The first-order valence-electron chi connectivity index (χ1n) is 12.1. The molecule has 0 aromatic heterocycles. The highest BCUT2D eigenvalue weighted by molar-refractivity contribution is 7.91. The molecule has 3 rings (SSSR count). The lowest BCUT2D eigenvalue weighted by atomic mass is 9.86. The Morgan fingerprint density at radius 2 is 1.86 bits per heavy atom. The number of halogens is 1. The number of carbonyl (C=O) groups is 1. The molecule has 1 amide bonds. The molecule has 3 atom stereocenters. The van der Waals surface area contributed by atoms with E-state index in [2.05, 4.69) is 43.5 Å². The van der Waals surface area contributed by atoms with Crippen LogP contribution in [-0.2, 0) is 39.4 Å². The Labute approximate surface area is 208 Å². The molecule has 2 aromatic carbocycles. The summed E-state index contributed by atoms with van der Waals surface area (Å²) in [6.07, 6.45) is -0.168. The van der Waals surface area contributed by atoms with Crippen LogP contribution >= 0.6 is 0 Å². The van der Waals surface area contributed by atoms with E-state index in [1.807, 2.05) is 19.1 Å². The normalized spacial score (nSPS) is 22.1. The molecule has 0 spiro atoms. The maximum atomic E-state index is 14.8. The molecule has 8 heteroatoms. The molecule has 0 radical (unpaired) electrons. The lowest BCUT2D eigenvalue weighted by Crippen LogP contribution is -2.54. The van der Waals surface area contributed by atoms with Crippen LogP contribution in [0.3, 0.4) is 0 Å². The Kier molecular flexibility index (Phi) is 8.40. The Bertz CT molecular complexity index is 1170. The largest absolute Gasteiger partial charge is 0.391 e. The molecule has 2 aromatic rings. The molecule has 6 nitrogen and oxygen atoms in total. The van der Waals surface area contributed by atoms with Gasteiger partial charge in [-0.2, -0.15) is 0 Å². The van der Waals surface area contributed by atoms with Crippen molar-refractivity contribution < 1.29 is 22.7 Å². The third-order valence-corrected chi connectivity index (χ3v) is 8.37. The van der Waals surface area contributed by atoms with Crippen molar-refractivity contribution in [2.45, 2.75) is 71.6 Å². The van der Waals surface area contributed by atoms with E-state index >= 15 is 0 Å². The Morgan fingerprint density at radius 3 is 2.49 bits per heavy atom. The van der Waals surface area contributed by atoms with Crippen molar-refractivity contribution in [1.29, 1.82) is 0 Å². The van der Waals surface area contributed by atoms with Gasteiger partial charge in [0, 0.05) is 25.4 Å². The SMILES string of the molecule is CCc1cc(C[C@@H]2CS(=O)(=O)C[C@H](NCc3cccc(C(C)(C)C)c3)[C@H]2O)cc(F)c1NC(C)=O. The van der Waals surface area contributed by atoms with Gasteiger partial charge < -0.3 is 15.7 Å². The molecule has 3 N–H and O–H groups in total. The summed E-state index contributed by atoms with van der Waals surface area (Å²) in [5, 5.41) is 16.9. The van der Waals surface area contributed by atoms with Crippen molar-refractivity contribution >= 4 is 21.4 Å². The number of benzene rings is 2. The zero-order valence-electron chi connectivity index (χ0n) is 21.2. The Hall–Kier alpha value is -2.29. The van der Waals surface area contributed by atoms with Crippen LogP contribution in [-0.4, -0.2) is 43.1 Å². The van der Waals surface area contributed by atoms with Crippen LogP contribution in [0.4, 0.5) is 10.1 Å². The Balaban J connectivity index is 1.77. The van der Waals surface area contributed by atoms with Crippen LogP contribution in [0.2, 0.25) is 0 Å². The monoisotopic (exact) mass is 504 g/mol. The minimum absolute atomic E-state index is 0.00308. The van der Waals surface area contributed by atoms with Crippen molar-refractivity contribution in [3.63, 3.8) is 0 Å². The lowest BCUT2D eigenvalue weighted by Gasteiger charge is -2.35. The number of anilines is 1. The van der Waals surface area contributed by atoms with Gasteiger partial charge in [0.25, 0.3) is 0 Å². The maximum absolute atomic E-state index is 14.8. The van der Waals surface area contributed by atoms with Crippen LogP contribution in [0.25, 0.3) is 0 Å². The number of carbonyl (C=O) groups excluding carboxylic acids is 1. The van der Waals surface area contributed by atoms with Gasteiger partial charge in [0.05, 0.1) is 23.3 Å². The minimum atomic E-state index is -3.39. The predicted octanol–water partition coefficient (Wildman–Crippen LogP) is 3.75. The van der Waals surface area contributed by atoms with Crippen LogP contribution < -0.4 is 10.6 Å². The summed E-state index contributed by atoms with van der Waals surface area (Å²) < 4.78 is 40.1. The molecule has 0 aliphatic carbocycles. The average Bonchev–Trinajstić information content (AvgIpc) is 2.75. The van der Waals surface area contributed by atoms with Crippen LogP contribution in [0.5, 0.6) is 0 Å². The average molecular weight is 505 g/mol. The minimum Gasteiger partial charge on any atom is -0.391 e. The van der Waals surface area contributed by atoms with Gasteiger partial charge >= 0.3 is 0 Å². The number of sulfone groups is 1. The van der Waals surface area contributed by atoms with Crippen LogP contribution in [0.1, 0.15) is 56.9 Å². The smallest absolute Gasteiger partial charge is 0.221 e. The molecule has 0 bridgehead atoms. The lowest BCUT2D eigenvalue weighted by molar-refractivity contribution is -0.114. The number of hydrogen-bond acceptors (Lipinski definition) is 5. The third-order valence-electron chi connectivity index (χ3n) is 6.57. The van der Waals surface area contributed by atoms with Gasteiger partial charge in [-0.25, -0.2) is 12.8 Å². The molecule has 1 fully saturated rings. The van der Waals surface area contributed by atoms with Crippen LogP contribution in [0, 0.1) is 11.7 Å². The molecule has 35 heavy (non-hydrogen) atoms. The van der Waals surface area contributed by atoms with E-state index in [0.29, 0.717) is 24.1 Å². The van der Waals surface area contributed by atoms with E-state index in [0.717, 1.165) is 5.56 Å². The first-order chi connectivity index (χ1) is 16.3. The number of aliphatic hydroxyl groups is 1. The number of rotatable bonds is 7. The summed E-state index contributed by atoms with van der Waals surface area (Å²) in [5.41, 5.74) is 3.59. The van der Waals surface area contributed by atoms with E-state index in [1.165, 1.54) is 18.6 Å². The van der Waals surface area contributed by atoms with E-state index in [1.54, 1.807) is 6.07 Å². The van der Waals surface area contributed by atoms with E-state index in [-0.39, 0.29) is 34.9 Å². The number of amides is 1. The molecule has 1 saturated heterocycles. The summed E-state index contributed by atoms with van der Waals surface area (Å²) in [6, 6.07) is 10.6. The summed E-state index contributed by atoms with van der Waals surface area (Å²) >= 11 is 0. The summed E-state index contributed by atoms with van der Waals surface area (Å²) in [5.74, 6) is -1.77. The van der Waals surface area contributed by atoms with Gasteiger partial charge in [-0.3, -0.25) is 4.79 Å². The predicted molar refractivity (Wildman–Crippen MR) is 138 cm³/mol. The van der Waals surface area contributed by atoms with Gasteiger partial charge in [-0.1, -0.05) is 58.0 Å². The van der Waals surface area contributed by atoms with Crippen molar-refractivity contribution in [1.82, 2.24) is 5.32 Å². The van der Waals surface area contributed by atoms with Gasteiger partial charge in [-0.15, -0.1) is 0 Å². The summed E-state index contributed by atoms with van der Waals surface area (Å²) in [7, 11) is -3.39. The van der Waals surface area contributed by atoms with Crippen molar-refractivity contribution in [2.75, 3.05) is 16.8 Å². The third kappa shape index (κ3) is 7.12. The van der Waals surface area contributed by atoms with Crippen molar-refractivity contribution in [2.24, 2.45) is 5.92 Å². The fraction of sp³-hybridized carbons (Fsp3) is 0.519. The molecule has 1 aliphatic rings. The second-order valence-corrected chi connectivity index (χ2v) is 12.8. The number of hydrogen-bond donors (Lipinski definition) is 3. The highest BCUT2D eigenvalue weighted by atomic mass is 32.2. The molecule has 0 unspecified atom stereocenters. The molecular formula is C27H37FN2O4S. The second kappa shape index (κ2) is 10.8. The first-order valence-corrected chi connectivity index (χ1v) is 13.9. The van der Waals surface area contributed by atoms with E-state index in [4.69, 9.17) is 0 Å². The topological polar surface area (TPSA) is 95.5 Å². The van der Waals surface area contributed by atoms with Gasteiger partial charge in [0.1, 0.15) is 5.82 Å². The van der Waals surface area contributed by atoms with Gasteiger partial charge in [0.15, 0.2) is 9.84 Å².